The van der Waals surface area contributed by atoms with Gasteiger partial charge in [-0.3, -0.25) is 4.79 Å². The van der Waals surface area contributed by atoms with Gasteiger partial charge >= 0.3 is 0 Å². The van der Waals surface area contributed by atoms with E-state index in [2.05, 4.69) is 0 Å². The van der Waals surface area contributed by atoms with Crippen LogP contribution in [0.2, 0.25) is 0 Å². The normalized spacial score (nSPS) is 12.5. The van der Waals surface area contributed by atoms with Crippen LogP contribution in [0, 0.1) is 11.3 Å². The fourth-order valence-corrected chi connectivity index (χ4v) is 0.590. The standard InChI is InChI=1S/C9H11NO/c1-4-7(3)9(11)8(5-2)6-10/h4-5H,1-3H3/b7-4-,8-5-. The molecule has 2 nitrogen and oxygen atoms in total. The van der Waals surface area contributed by atoms with E-state index in [0.717, 1.165) is 0 Å². The predicted octanol–water partition coefficient (Wildman–Crippen LogP) is 1.99. The fraction of sp³-hybridized carbons (Fsp3) is 0.333. The third-order valence-electron chi connectivity index (χ3n) is 1.44. The Morgan fingerprint density at radius 1 is 1.36 bits per heavy atom. The van der Waals surface area contributed by atoms with E-state index < -0.39 is 0 Å². The number of nitriles is 1. The van der Waals surface area contributed by atoms with Gasteiger partial charge < -0.3 is 0 Å². The van der Waals surface area contributed by atoms with Crippen LogP contribution in [0.15, 0.2) is 23.3 Å². The number of nitrogens with zero attached hydrogens (tertiary/aromatic N) is 1. The highest BCUT2D eigenvalue weighted by Crippen LogP contribution is 2.03. The summed E-state index contributed by atoms with van der Waals surface area (Å²) in [4.78, 5) is 11.2. The molecular weight excluding hydrogens is 138 g/mol. The second-order valence-corrected chi connectivity index (χ2v) is 2.11. The van der Waals surface area contributed by atoms with Gasteiger partial charge in [-0.25, -0.2) is 0 Å². The van der Waals surface area contributed by atoms with Crippen molar-refractivity contribution < 1.29 is 4.79 Å². The van der Waals surface area contributed by atoms with Gasteiger partial charge in [0, 0.05) is 0 Å². The highest BCUT2D eigenvalue weighted by atomic mass is 16.1. The summed E-state index contributed by atoms with van der Waals surface area (Å²) in [5.74, 6) is -0.183. The Morgan fingerprint density at radius 3 is 2.18 bits per heavy atom. The monoisotopic (exact) mass is 149 g/mol. The largest absolute Gasteiger partial charge is 0.288 e. The van der Waals surface area contributed by atoms with E-state index in [1.165, 1.54) is 6.08 Å². The molecule has 0 saturated carbocycles. The summed E-state index contributed by atoms with van der Waals surface area (Å²) < 4.78 is 0. The third kappa shape index (κ3) is 2.38. The molecule has 0 bridgehead atoms. The molecule has 0 aromatic carbocycles. The molecule has 2 heteroatoms. The minimum atomic E-state index is -0.183. The molecule has 0 aromatic heterocycles. The Bertz CT molecular complexity index is 253. The molecule has 0 atom stereocenters. The van der Waals surface area contributed by atoms with Crippen LogP contribution in [0.4, 0.5) is 0 Å². The first-order chi connectivity index (χ1) is 5.17. The summed E-state index contributed by atoms with van der Waals surface area (Å²) >= 11 is 0. The van der Waals surface area contributed by atoms with E-state index in [1.807, 2.05) is 6.07 Å². The molecule has 0 aliphatic heterocycles. The maximum absolute atomic E-state index is 11.2. The highest BCUT2D eigenvalue weighted by Gasteiger charge is 2.07. The fourth-order valence-electron chi connectivity index (χ4n) is 0.590. The Hall–Kier alpha value is -1.36. The minimum absolute atomic E-state index is 0.183. The first kappa shape index (κ1) is 9.64. The Morgan fingerprint density at radius 2 is 1.91 bits per heavy atom. The average molecular weight is 149 g/mol. The molecule has 0 N–H and O–H groups in total. The van der Waals surface area contributed by atoms with Crippen LogP contribution in [0.3, 0.4) is 0 Å². The van der Waals surface area contributed by atoms with Crippen LogP contribution < -0.4 is 0 Å². The maximum Gasteiger partial charge on any atom is 0.198 e. The zero-order valence-electron chi connectivity index (χ0n) is 7.01. The second kappa shape index (κ2) is 4.45. The Kier molecular flexibility index (Phi) is 3.90. The predicted molar refractivity (Wildman–Crippen MR) is 43.8 cm³/mol. The van der Waals surface area contributed by atoms with E-state index in [1.54, 1.807) is 26.8 Å². The van der Waals surface area contributed by atoms with Crippen LogP contribution in [0.1, 0.15) is 20.8 Å². The summed E-state index contributed by atoms with van der Waals surface area (Å²) in [7, 11) is 0. The molecule has 0 amide bonds. The molecule has 0 heterocycles. The average Bonchev–Trinajstić information content (AvgIpc) is 2.05. The van der Waals surface area contributed by atoms with E-state index in [-0.39, 0.29) is 11.4 Å². The van der Waals surface area contributed by atoms with Crippen molar-refractivity contribution in [1.82, 2.24) is 0 Å². The van der Waals surface area contributed by atoms with Crippen molar-refractivity contribution in [3.8, 4) is 6.07 Å². The zero-order chi connectivity index (χ0) is 8.85. The van der Waals surface area contributed by atoms with Crippen LogP contribution in [-0.4, -0.2) is 5.78 Å². The molecule has 0 aromatic rings. The van der Waals surface area contributed by atoms with Gasteiger partial charge in [-0.1, -0.05) is 12.2 Å². The van der Waals surface area contributed by atoms with Gasteiger partial charge in [-0.15, -0.1) is 0 Å². The summed E-state index contributed by atoms with van der Waals surface area (Å²) in [6.45, 7) is 5.15. The van der Waals surface area contributed by atoms with Crippen molar-refractivity contribution in [3.63, 3.8) is 0 Å². The molecule has 0 radical (unpaired) electrons. The smallest absolute Gasteiger partial charge is 0.198 e. The van der Waals surface area contributed by atoms with Gasteiger partial charge in [0.25, 0.3) is 0 Å². The number of hydrogen-bond donors (Lipinski definition) is 0. The molecular formula is C9H11NO. The lowest BCUT2D eigenvalue weighted by Gasteiger charge is -1.94. The van der Waals surface area contributed by atoms with Crippen molar-refractivity contribution in [1.29, 1.82) is 5.26 Å². The van der Waals surface area contributed by atoms with Crippen LogP contribution in [0.5, 0.6) is 0 Å². The summed E-state index contributed by atoms with van der Waals surface area (Å²) in [5, 5.41) is 8.47. The zero-order valence-corrected chi connectivity index (χ0v) is 7.01. The van der Waals surface area contributed by atoms with Crippen molar-refractivity contribution in [2.45, 2.75) is 20.8 Å². The molecule has 0 fully saturated rings. The number of hydrogen-bond acceptors (Lipinski definition) is 2. The van der Waals surface area contributed by atoms with Crippen molar-refractivity contribution in [2.75, 3.05) is 0 Å². The van der Waals surface area contributed by atoms with Gasteiger partial charge in [0.1, 0.15) is 6.07 Å². The van der Waals surface area contributed by atoms with E-state index in [0.29, 0.717) is 5.57 Å². The lowest BCUT2D eigenvalue weighted by atomic mass is 10.1. The number of carbonyl (C=O) groups excluding carboxylic acids is 1. The minimum Gasteiger partial charge on any atom is -0.288 e. The molecule has 0 aliphatic rings. The quantitative estimate of drug-likeness (QED) is 0.445. The number of rotatable bonds is 2. The maximum atomic E-state index is 11.2. The summed E-state index contributed by atoms with van der Waals surface area (Å²) in [6, 6.07) is 1.84. The number of carbonyl (C=O) groups is 1. The van der Waals surface area contributed by atoms with Gasteiger partial charge in [0.05, 0.1) is 5.57 Å². The van der Waals surface area contributed by atoms with Gasteiger partial charge in [-0.05, 0) is 26.3 Å². The number of allylic oxidation sites excluding steroid dienone is 4. The molecule has 0 unspecified atom stereocenters. The number of Topliss-reactive ketones (excluding diaryl/α,β-unsaturated/α-hetero) is 1. The molecule has 0 spiro atoms. The lowest BCUT2D eigenvalue weighted by Crippen LogP contribution is -2.01. The molecule has 11 heavy (non-hydrogen) atoms. The van der Waals surface area contributed by atoms with E-state index in [4.69, 9.17) is 5.26 Å². The Balaban J connectivity index is 4.66. The molecule has 0 rings (SSSR count). The molecule has 0 saturated heterocycles. The van der Waals surface area contributed by atoms with Crippen molar-refractivity contribution in [3.05, 3.63) is 23.3 Å². The first-order valence-corrected chi connectivity index (χ1v) is 3.41. The van der Waals surface area contributed by atoms with Crippen molar-refractivity contribution in [2.24, 2.45) is 0 Å². The van der Waals surface area contributed by atoms with Crippen LogP contribution >= 0.6 is 0 Å². The SMILES string of the molecule is C/C=C(/C)C(=O)/C(C#N)=C\C. The van der Waals surface area contributed by atoms with Gasteiger partial charge in [0.2, 0.25) is 0 Å². The summed E-state index contributed by atoms with van der Waals surface area (Å²) in [5.41, 5.74) is 0.820. The van der Waals surface area contributed by atoms with Gasteiger partial charge in [-0.2, -0.15) is 5.26 Å². The van der Waals surface area contributed by atoms with Crippen LogP contribution in [-0.2, 0) is 4.79 Å². The topological polar surface area (TPSA) is 40.9 Å². The van der Waals surface area contributed by atoms with E-state index in [9.17, 15) is 4.79 Å². The van der Waals surface area contributed by atoms with Crippen LogP contribution in [0.25, 0.3) is 0 Å². The third-order valence-corrected chi connectivity index (χ3v) is 1.44. The van der Waals surface area contributed by atoms with Crippen molar-refractivity contribution >= 4 is 5.78 Å². The van der Waals surface area contributed by atoms with Gasteiger partial charge in [0.15, 0.2) is 5.78 Å². The molecule has 58 valence electrons. The lowest BCUT2D eigenvalue weighted by molar-refractivity contribution is -0.111. The highest BCUT2D eigenvalue weighted by molar-refractivity contribution is 6.10. The first-order valence-electron chi connectivity index (χ1n) is 3.41. The molecule has 0 aliphatic carbocycles. The summed E-state index contributed by atoms with van der Waals surface area (Å²) in [6.07, 6.45) is 3.22. The number of ketones is 1. The Labute approximate surface area is 66.8 Å². The second-order valence-electron chi connectivity index (χ2n) is 2.11. The van der Waals surface area contributed by atoms with E-state index >= 15 is 0 Å².